The van der Waals surface area contributed by atoms with Gasteiger partial charge < -0.3 is 9.88 Å². The highest BCUT2D eigenvalue weighted by Crippen LogP contribution is 2.29. The molecular formula is C32H35N3O. The molecule has 0 aliphatic heterocycles. The maximum Gasteiger partial charge on any atom is 0.230 e. The Morgan fingerprint density at radius 1 is 0.944 bits per heavy atom. The van der Waals surface area contributed by atoms with E-state index in [-0.39, 0.29) is 17.9 Å². The first-order valence-corrected chi connectivity index (χ1v) is 12.6. The van der Waals surface area contributed by atoms with Crippen LogP contribution in [0.1, 0.15) is 63.0 Å². The van der Waals surface area contributed by atoms with Gasteiger partial charge >= 0.3 is 0 Å². The minimum atomic E-state index is -0.205. The summed E-state index contributed by atoms with van der Waals surface area (Å²) in [4.78, 5) is 23.2. The molecule has 0 fully saturated rings. The van der Waals surface area contributed by atoms with Crippen LogP contribution < -0.4 is 0 Å². The number of aromatic nitrogens is 2. The summed E-state index contributed by atoms with van der Waals surface area (Å²) in [7, 11) is 1.87. The minimum Gasteiger partial charge on any atom is -0.340 e. The van der Waals surface area contributed by atoms with Gasteiger partial charge in [0.1, 0.15) is 5.82 Å². The predicted octanol–water partition coefficient (Wildman–Crippen LogP) is 7.88. The Kier molecular flexibility index (Phi) is 7.84. The first-order valence-electron chi connectivity index (χ1n) is 12.6. The highest BCUT2D eigenvalue weighted by molar-refractivity contribution is 5.83. The van der Waals surface area contributed by atoms with Gasteiger partial charge in [0.2, 0.25) is 5.91 Å². The Morgan fingerprint density at radius 2 is 1.53 bits per heavy atom. The quantitative estimate of drug-likeness (QED) is 0.281. The summed E-state index contributed by atoms with van der Waals surface area (Å²) in [5.74, 6) is 0.692. The summed E-state index contributed by atoms with van der Waals surface area (Å²) < 4.78 is 0. The van der Waals surface area contributed by atoms with Crippen LogP contribution in [0.4, 0.5) is 0 Å². The Hall–Kier alpha value is -3.92. The number of imidazole rings is 1. The zero-order chi connectivity index (χ0) is 25.7. The molecule has 4 rings (SSSR count). The van der Waals surface area contributed by atoms with Crippen molar-refractivity contribution in [2.75, 3.05) is 7.05 Å². The Labute approximate surface area is 214 Å². The number of H-pyrrole nitrogens is 1. The van der Waals surface area contributed by atoms with Crippen LogP contribution in [0.25, 0.3) is 28.0 Å². The lowest BCUT2D eigenvalue weighted by atomic mass is 9.99. The fourth-order valence-corrected chi connectivity index (χ4v) is 4.58. The van der Waals surface area contributed by atoms with Crippen molar-refractivity contribution in [2.45, 2.75) is 46.1 Å². The highest BCUT2D eigenvalue weighted by Gasteiger charge is 2.27. The molecule has 1 N–H and O–H groups in total. The number of allylic oxidation sites excluding steroid dienone is 2. The second kappa shape index (κ2) is 11.2. The zero-order valence-electron chi connectivity index (χ0n) is 21.8. The van der Waals surface area contributed by atoms with Crippen molar-refractivity contribution in [3.63, 3.8) is 0 Å². The number of likely N-dealkylation sites (N-methyl/N-ethyl adjacent to an activating group) is 1. The number of rotatable bonds is 8. The molecule has 184 valence electrons. The first-order chi connectivity index (χ1) is 17.4. The molecule has 3 aromatic carbocycles. The van der Waals surface area contributed by atoms with E-state index in [0.29, 0.717) is 0 Å². The van der Waals surface area contributed by atoms with E-state index in [2.05, 4.69) is 85.3 Å². The first kappa shape index (κ1) is 25.2. The summed E-state index contributed by atoms with van der Waals surface area (Å²) in [5, 5.41) is 0. The number of hydrogen-bond acceptors (Lipinski definition) is 2. The lowest BCUT2D eigenvalue weighted by molar-refractivity contribution is -0.133. The zero-order valence-corrected chi connectivity index (χ0v) is 21.8. The van der Waals surface area contributed by atoms with Crippen molar-refractivity contribution in [3.8, 4) is 22.4 Å². The van der Waals surface area contributed by atoms with E-state index in [9.17, 15) is 4.79 Å². The number of amides is 1. The summed E-state index contributed by atoms with van der Waals surface area (Å²) in [6.45, 7) is 8.24. The molecule has 0 radical (unpaired) electrons. The van der Waals surface area contributed by atoms with Gasteiger partial charge in [-0.25, -0.2) is 4.98 Å². The summed E-state index contributed by atoms with van der Waals surface area (Å²) in [6, 6.07) is 27.0. The van der Waals surface area contributed by atoms with Crippen molar-refractivity contribution < 1.29 is 4.79 Å². The third-order valence-corrected chi connectivity index (χ3v) is 7.09. The van der Waals surface area contributed by atoms with Gasteiger partial charge in [-0.1, -0.05) is 91.9 Å². The molecule has 1 unspecified atom stereocenters. The fourth-order valence-electron chi connectivity index (χ4n) is 4.58. The summed E-state index contributed by atoms with van der Waals surface area (Å²) in [6.07, 6.45) is 4.77. The van der Waals surface area contributed by atoms with Crippen molar-refractivity contribution in [2.24, 2.45) is 0 Å². The molecule has 4 heteroatoms. The smallest absolute Gasteiger partial charge is 0.230 e. The molecule has 0 aliphatic rings. The van der Waals surface area contributed by atoms with Crippen molar-refractivity contribution in [3.05, 3.63) is 108 Å². The van der Waals surface area contributed by atoms with Gasteiger partial charge in [0, 0.05) is 7.05 Å². The van der Waals surface area contributed by atoms with Gasteiger partial charge in [-0.15, -0.1) is 0 Å². The molecule has 0 bridgehead atoms. The molecule has 36 heavy (non-hydrogen) atoms. The SMILES string of the molecule is C/C=C(\C)c1ccc(-c2ccc(-c3cnc([C@H](CC)N(C)C(=O)C(C)c4ccccc4)[nH]3)cc2)cc1. The number of carbonyl (C=O) groups is 1. The van der Waals surface area contributed by atoms with Crippen LogP contribution in [0.15, 0.2) is 91.1 Å². The van der Waals surface area contributed by atoms with Crippen molar-refractivity contribution >= 4 is 11.5 Å². The molecular weight excluding hydrogens is 442 g/mol. The molecule has 4 aromatic rings. The second-order valence-electron chi connectivity index (χ2n) is 9.31. The van der Waals surface area contributed by atoms with E-state index >= 15 is 0 Å². The van der Waals surface area contributed by atoms with E-state index in [4.69, 9.17) is 0 Å². The van der Waals surface area contributed by atoms with E-state index in [1.165, 1.54) is 22.3 Å². The topological polar surface area (TPSA) is 49.0 Å². The van der Waals surface area contributed by atoms with E-state index in [1.54, 1.807) is 0 Å². The maximum absolute atomic E-state index is 13.2. The van der Waals surface area contributed by atoms with Gasteiger partial charge in [0.25, 0.3) is 0 Å². The van der Waals surface area contributed by atoms with Gasteiger partial charge in [-0.3, -0.25) is 4.79 Å². The number of nitrogens with zero attached hydrogens (tertiary/aromatic N) is 2. The Balaban J connectivity index is 1.49. The molecule has 0 spiro atoms. The van der Waals surface area contributed by atoms with Crippen molar-refractivity contribution in [1.29, 1.82) is 0 Å². The van der Waals surface area contributed by atoms with Crippen LogP contribution in [0, 0.1) is 0 Å². The van der Waals surface area contributed by atoms with Crippen LogP contribution in [-0.4, -0.2) is 27.8 Å². The molecule has 0 saturated heterocycles. The predicted molar refractivity (Wildman–Crippen MR) is 149 cm³/mol. The number of benzene rings is 3. The number of aromatic amines is 1. The van der Waals surface area contributed by atoms with Crippen LogP contribution >= 0.6 is 0 Å². The molecule has 2 atom stereocenters. The van der Waals surface area contributed by atoms with Crippen molar-refractivity contribution in [1.82, 2.24) is 14.9 Å². The average Bonchev–Trinajstić information content (AvgIpc) is 3.42. The lowest BCUT2D eigenvalue weighted by Gasteiger charge is -2.28. The average molecular weight is 478 g/mol. The standard InChI is InChI=1S/C32H35N3O/c1-6-22(3)24-13-15-26(16-14-24)27-17-19-28(20-18-27)29-21-33-31(34-29)30(7-2)35(5)32(36)23(4)25-11-9-8-10-12-25/h6,8-21,23,30H,7H2,1-5H3,(H,33,34)/b22-6+/t23?,30-/m0/s1. The number of hydrogen-bond donors (Lipinski definition) is 1. The third-order valence-electron chi connectivity index (χ3n) is 7.09. The van der Waals surface area contributed by atoms with Gasteiger partial charge in [-0.05, 0) is 60.6 Å². The van der Waals surface area contributed by atoms with E-state index in [0.717, 1.165) is 29.1 Å². The largest absolute Gasteiger partial charge is 0.340 e. The molecule has 4 nitrogen and oxygen atoms in total. The maximum atomic E-state index is 13.2. The van der Waals surface area contributed by atoms with Gasteiger partial charge in [0.15, 0.2) is 0 Å². The number of nitrogens with one attached hydrogen (secondary N) is 1. The van der Waals surface area contributed by atoms with Gasteiger partial charge in [-0.2, -0.15) is 0 Å². The highest BCUT2D eigenvalue weighted by atomic mass is 16.2. The van der Waals surface area contributed by atoms with Crippen LogP contribution in [0.2, 0.25) is 0 Å². The minimum absolute atomic E-state index is 0.0889. The van der Waals surface area contributed by atoms with Crippen LogP contribution in [0.3, 0.4) is 0 Å². The molecule has 1 aromatic heterocycles. The normalized spacial score (nSPS) is 13.3. The Morgan fingerprint density at radius 3 is 2.11 bits per heavy atom. The van der Waals surface area contributed by atoms with Crippen LogP contribution in [-0.2, 0) is 4.79 Å². The third kappa shape index (κ3) is 5.33. The van der Waals surface area contributed by atoms with Crippen LogP contribution in [0.5, 0.6) is 0 Å². The monoisotopic (exact) mass is 477 g/mol. The van der Waals surface area contributed by atoms with E-state index in [1.807, 2.05) is 55.4 Å². The molecule has 1 heterocycles. The summed E-state index contributed by atoms with van der Waals surface area (Å²) in [5.41, 5.74) is 7.93. The van der Waals surface area contributed by atoms with E-state index < -0.39 is 0 Å². The Bertz CT molecular complexity index is 1320. The molecule has 0 saturated carbocycles. The lowest BCUT2D eigenvalue weighted by Crippen LogP contribution is -2.34. The molecule has 0 aliphatic carbocycles. The fraction of sp³-hybridized carbons (Fsp3) is 0.250. The molecule has 1 amide bonds. The summed E-state index contributed by atoms with van der Waals surface area (Å²) >= 11 is 0. The van der Waals surface area contributed by atoms with Gasteiger partial charge in [0.05, 0.1) is 23.9 Å². The second-order valence-corrected chi connectivity index (χ2v) is 9.31. The number of carbonyl (C=O) groups excluding carboxylic acids is 1.